The summed E-state index contributed by atoms with van der Waals surface area (Å²) in [5.41, 5.74) is 0. The molecule has 11 heteroatoms. The van der Waals surface area contributed by atoms with Gasteiger partial charge in [-0.1, -0.05) is 0 Å². The SMILES string of the molecule is C[C@@H]1CN2CCO[Si](CCSCC[Si]34OCCN(CCO3)C[C@@H](C)O4)(OCC2)O1. The number of fused-ring (bicyclic) bond motifs is 12. The van der Waals surface area contributed by atoms with Crippen LogP contribution in [0.4, 0.5) is 0 Å². The van der Waals surface area contributed by atoms with Gasteiger partial charge in [0.2, 0.25) is 0 Å². The van der Waals surface area contributed by atoms with E-state index in [1.54, 1.807) is 0 Å². The second-order valence-electron chi connectivity index (χ2n) is 8.33. The molecule has 0 aliphatic carbocycles. The zero-order chi connectivity index (χ0) is 20.2. The van der Waals surface area contributed by atoms with E-state index in [4.69, 9.17) is 26.6 Å². The summed E-state index contributed by atoms with van der Waals surface area (Å²) in [6.07, 6.45) is 0.333. The van der Waals surface area contributed by atoms with E-state index < -0.39 is 17.6 Å². The molecule has 6 rings (SSSR count). The van der Waals surface area contributed by atoms with Gasteiger partial charge in [-0.15, -0.1) is 0 Å². The molecule has 0 amide bonds. The second kappa shape index (κ2) is 10.4. The zero-order valence-electron chi connectivity index (χ0n) is 17.8. The van der Waals surface area contributed by atoms with E-state index >= 15 is 0 Å². The van der Waals surface area contributed by atoms with E-state index in [2.05, 4.69) is 23.6 Å². The van der Waals surface area contributed by atoms with Crippen LogP contribution >= 0.6 is 11.8 Å². The highest BCUT2D eigenvalue weighted by Gasteiger charge is 2.47. The molecular weight excluding hydrogens is 428 g/mol. The van der Waals surface area contributed by atoms with Crippen molar-refractivity contribution < 1.29 is 26.6 Å². The van der Waals surface area contributed by atoms with Gasteiger partial charge in [-0.3, -0.25) is 9.80 Å². The molecule has 6 aliphatic heterocycles. The quantitative estimate of drug-likeness (QED) is 0.425. The molecule has 4 bridgehead atoms. The van der Waals surface area contributed by atoms with Gasteiger partial charge in [0.1, 0.15) is 0 Å². The highest BCUT2D eigenvalue weighted by molar-refractivity contribution is 7.99. The van der Waals surface area contributed by atoms with Crippen LogP contribution in [0.2, 0.25) is 12.1 Å². The van der Waals surface area contributed by atoms with Crippen LogP contribution in [0.25, 0.3) is 0 Å². The Labute approximate surface area is 181 Å². The van der Waals surface area contributed by atoms with Crippen LogP contribution in [-0.2, 0) is 26.6 Å². The third-order valence-corrected chi connectivity index (χ3v) is 13.3. The van der Waals surface area contributed by atoms with Gasteiger partial charge in [0.15, 0.2) is 0 Å². The van der Waals surface area contributed by atoms with Gasteiger partial charge in [-0.25, -0.2) is 0 Å². The molecule has 0 aromatic heterocycles. The highest BCUT2D eigenvalue weighted by atomic mass is 32.2. The van der Waals surface area contributed by atoms with Crippen molar-refractivity contribution >= 4 is 29.4 Å². The van der Waals surface area contributed by atoms with Crippen molar-refractivity contribution in [2.75, 3.05) is 77.2 Å². The van der Waals surface area contributed by atoms with Gasteiger partial charge in [0.25, 0.3) is 0 Å². The predicted octanol–water partition coefficient (Wildman–Crippen LogP) is 1.13. The van der Waals surface area contributed by atoms with Crippen LogP contribution in [0, 0.1) is 0 Å². The Kier molecular flexibility index (Phi) is 8.11. The second-order valence-corrected chi connectivity index (χ2v) is 14.9. The van der Waals surface area contributed by atoms with Crippen LogP contribution in [-0.4, -0.2) is 117 Å². The lowest BCUT2D eigenvalue weighted by atomic mass is 10.3. The average Bonchev–Trinajstić information content (AvgIpc) is 2.59. The summed E-state index contributed by atoms with van der Waals surface area (Å²) in [5, 5.41) is 0. The minimum absolute atomic E-state index is 0.166. The number of hydrogen-bond acceptors (Lipinski definition) is 9. The highest BCUT2D eigenvalue weighted by Crippen LogP contribution is 2.28. The monoisotopic (exact) mass is 464 g/mol. The van der Waals surface area contributed by atoms with Crippen molar-refractivity contribution in [3.63, 3.8) is 0 Å². The predicted molar refractivity (Wildman–Crippen MR) is 116 cm³/mol. The van der Waals surface area contributed by atoms with Gasteiger partial charge in [-0.2, -0.15) is 11.8 Å². The summed E-state index contributed by atoms with van der Waals surface area (Å²) in [4.78, 5) is 4.73. The molecule has 6 saturated heterocycles. The maximum atomic E-state index is 6.32. The Bertz CT molecular complexity index is 473. The first kappa shape index (κ1) is 22.7. The molecule has 6 fully saturated rings. The van der Waals surface area contributed by atoms with Gasteiger partial charge < -0.3 is 26.6 Å². The number of nitrogens with zero attached hydrogens (tertiary/aromatic N) is 2. The topological polar surface area (TPSA) is 61.9 Å². The van der Waals surface area contributed by atoms with E-state index in [9.17, 15) is 0 Å². The van der Waals surface area contributed by atoms with E-state index in [0.717, 1.165) is 62.9 Å². The van der Waals surface area contributed by atoms with Crippen LogP contribution in [0.3, 0.4) is 0 Å². The first-order chi connectivity index (χ1) is 14.1. The minimum atomic E-state index is -2.57. The Morgan fingerprint density at radius 2 is 1.07 bits per heavy atom. The maximum Gasteiger partial charge on any atom is 0.502 e. The molecule has 0 aromatic rings. The normalized spacial score (nSPS) is 43.7. The molecule has 6 heterocycles. The summed E-state index contributed by atoms with van der Waals surface area (Å²) < 4.78 is 37.4. The molecule has 0 spiro atoms. The first-order valence-corrected chi connectivity index (χ1v) is 16.0. The fourth-order valence-electron chi connectivity index (χ4n) is 4.45. The molecular formula is C18H36N2O6SSi2. The standard InChI is InChI=1S/C18H36N2O6SSi2/c1-17-15-19-3-7-21-28(25-17,22-8-4-19)13-11-27-12-14-29-23-9-5-20(6-10-24-29)16-18(2)26-29/h17-18H,3-16H2,1-2H3/t17-,18-/m1/s1. The molecule has 0 radical (unpaired) electrons. The lowest BCUT2D eigenvalue weighted by molar-refractivity contribution is -0.0350. The molecule has 8 nitrogen and oxygen atoms in total. The molecule has 0 saturated carbocycles. The van der Waals surface area contributed by atoms with Crippen molar-refractivity contribution in [2.24, 2.45) is 0 Å². The van der Waals surface area contributed by atoms with E-state index in [0.29, 0.717) is 26.4 Å². The van der Waals surface area contributed by atoms with Gasteiger partial charge >= 0.3 is 17.6 Å². The smallest absolute Gasteiger partial charge is 0.372 e. The summed E-state index contributed by atoms with van der Waals surface area (Å²) in [7, 11) is -5.14. The summed E-state index contributed by atoms with van der Waals surface area (Å²) in [5.74, 6) is 1.94. The fraction of sp³-hybridized carbons (Fsp3) is 1.00. The average molecular weight is 465 g/mol. The number of rotatable bonds is 6. The first-order valence-electron chi connectivity index (χ1n) is 11.0. The lowest BCUT2D eigenvalue weighted by Gasteiger charge is -2.41. The van der Waals surface area contributed by atoms with Crippen molar-refractivity contribution in [3.05, 3.63) is 0 Å². The maximum absolute atomic E-state index is 6.32. The van der Waals surface area contributed by atoms with Gasteiger partial charge in [0, 0.05) is 51.4 Å². The third-order valence-electron chi connectivity index (χ3n) is 5.82. The molecule has 0 N–H and O–H groups in total. The van der Waals surface area contributed by atoms with Crippen LogP contribution < -0.4 is 0 Å². The molecule has 168 valence electrons. The Hall–Kier alpha value is 0.464. The fourth-order valence-corrected chi connectivity index (χ4v) is 12.0. The Balaban J connectivity index is 1.26. The zero-order valence-corrected chi connectivity index (χ0v) is 20.6. The van der Waals surface area contributed by atoms with Gasteiger partial charge in [0.05, 0.1) is 38.6 Å². The molecule has 6 aliphatic rings. The van der Waals surface area contributed by atoms with Crippen molar-refractivity contribution in [1.29, 1.82) is 0 Å². The molecule has 2 atom stereocenters. The lowest BCUT2D eigenvalue weighted by Crippen LogP contribution is -2.57. The van der Waals surface area contributed by atoms with Crippen LogP contribution in [0.5, 0.6) is 0 Å². The van der Waals surface area contributed by atoms with Crippen molar-refractivity contribution in [2.45, 2.75) is 38.1 Å². The van der Waals surface area contributed by atoms with E-state index in [1.807, 2.05) is 11.8 Å². The number of thioether (sulfide) groups is 1. The Morgan fingerprint density at radius 3 is 1.45 bits per heavy atom. The van der Waals surface area contributed by atoms with E-state index in [1.165, 1.54) is 0 Å². The van der Waals surface area contributed by atoms with Gasteiger partial charge in [-0.05, 0) is 25.4 Å². The van der Waals surface area contributed by atoms with Crippen molar-refractivity contribution in [1.82, 2.24) is 9.80 Å². The van der Waals surface area contributed by atoms with Crippen LogP contribution in [0.15, 0.2) is 0 Å². The van der Waals surface area contributed by atoms with E-state index in [-0.39, 0.29) is 12.2 Å². The summed E-state index contributed by atoms with van der Waals surface area (Å²) in [6, 6.07) is 1.73. The molecule has 0 aromatic carbocycles. The summed E-state index contributed by atoms with van der Waals surface area (Å²) >= 11 is 1.91. The molecule has 0 unspecified atom stereocenters. The number of hydrogen-bond donors (Lipinski definition) is 0. The Morgan fingerprint density at radius 1 is 0.690 bits per heavy atom. The largest absolute Gasteiger partial charge is 0.502 e. The van der Waals surface area contributed by atoms with Crippen molar-refractivity contribution in [3.8, 4) is 0 Å². The third kappa shape index (κ3) is 6.25. The molecule has 29 heavy (non-hydrogen) atoms. The minimum Gasteiger partial charge on any atom is -0.372 e. The summed E-state index contributed by atoms with van der Waals surface area (Å²) in [6.45, 7) is 13.0. The van der Waals surface area contributed by atoms with Crippen LogP contribution in [0.1, 0.15) is 13.8 Å².